The monoisotopic (exact) mass is 213 g/mol. The first kappa shape index (κ1) is 9.09. The molecule has 0 spiro atoms. The average Bonchev–Trinajstić information content (AvgIpc) is 2.60. The third-order valence-electron chi connectivity index (χ3n) is 2.85. The number of carbonyl (C=O) groups excluding carboxylic acids is 1. The number of benzene rings is 2. The van der Waals surface area contributed by atoms with Crippen LogP contribution < -0.4 is 5.73 Å². The van der Waals surface area contributed by atoms with E-state index >= 15 is 0 Å². The van der Waals surface area contributed by atoms with E-state index in [-0.39, 0.29) is 5.78 Å². The second kappa shape index (κ2) is 2.92. The van der Waals surface area contributed by atoms with E-state index in [1.807, 2.05) is 0 Å². The average molecular weight is 213 g/mol. The van der Waals surface area contributed by atoms with Gasteiger partial charge in [-0.1, -0.05) is 24.3 Å². The van der Waals surface area contributed by atoms with Crippen molar-refractivity contribution in [3.63, 3.8) is 0 Å². The van der Waals surface area contributed by atoms with E-state index < -0.39 is 5.82 Å². The predicted octanol–water partition coefficient (Wildman–Crippen LogP) is 2.62. The number of halogens is 1. The van der Waals surface area contributed by atoms with Crippen LogP contribution >= 0.6 is 0 Å². The number of anilines is 1. The van der Waals surface area contributed by atoms with Crippen molar-refractivity contribution < 1.29 is 9.18 Å². The first-order valence-corrected chi connectivity index (χ1v) is 4.92. The molecule has 0 fully saturated rings. The quantitative estimate of drug-likeness (QED) is 0.583. The number of rotatable bonds is 0. The molecule has 0 aliphatic heterocycles. The molecule has 0 atom stereocenters. The minimum absolute atomic E-state index is 0.192. The Morgan fingerprint density at radius 3 is 2.38 bits per heavy atom. The summed E-state index contributed by atoms with van der Waals surface area (Å²) in [5, 5.41) is 0. The molecule has 0 bridgehead atoms. The number of nitrogen functional groups attached to an aromatic ring is 1. The van der Waals surface area contributed by atoms with Crippen molar-refractivity contribution >= 4 is 11.5 Å². The molecule has 2 N–H and O–H groups in total. The molecule has 0 amide bonds. The van der Waals surface area contributed by atoms with Crippen molar-refractivity contribution in [1.29, 1.82) is 0 Å². The van der Waals surface area contributed by atoms with Gasteiger partial charge in [0, 0.05) is 16.8 Å². The normalized spacial score (nSPS) is 12.4. The summed E-state index contributed by atoms with van der Waals surface area (Å²) < 4.78 is 13.7. The lowest BCUT2D eigenvalue weighted by molar-refractivity contribution is 0.104. The second-order valence-corrected chi connectivity index (χ2v) is 3.76. The van der Waals surface area contributed by atoms with Crippen LogP contribution in [-0.4, -0.2) is 5.78 Å². The third kappa shape index (κ3) is 0.972. The lowest BCUT2D eigenvalue weighted by atomic mass is 10.0. The molecule has 16 heavy (non-hydrogen) atoms. The molecule has 0 aromatic heterocycles. The van der Waals surface area contributed by atoms with Crippen LogP contribution in [-0.2, 0) is 0 Å². The van der Waals surface area contributed by atoms with Crippen molar-refractivity contribution in [2.75, 3.05) is 5.73 Å². The number of nitrogens with two attached hydrogens (primary N) is 1. The fourth-order valence-electron chi connectivity index (χ4n) is 2.14. The number of hydrogen-bond donors (Lipinski definition) is 1. The van der Waals surface area contributed by atoms with Gasteiger partial charge in [-0.2, -0.15) is 0 Å². The van der Waals surface area contributed by atoms with Gasteiger partial charge in [-0.3, -0.25) is 4.79 Å². The smallest absolute Gasteiger partial charge is 0.196 e. The Hall–Kier alpha value is -2.16. The van der Waals surface area contributed by atoms with Crippen LogP contribution in [0.3, 0.4) is 0 Å². The largest absolute Gasteiger partial charge is 0.398 e. The van der Waals surface area contributed by atoms with E-state index in [1.54, 1.807) is 24.3 Å². The first-order chi connectivity index (χ1) is 7.70. The molecule has 1 aliphatic rings. The molecule has 0 saturated heterocycles. The molecule has 2 nitrogen and oxygen atoms in total. The number of ketones is 1. The molecule has 1 aliphatic carbocycles. The van der Waals surface area contributed by atoms with Gasteiger partial charge in [0.25, 0.3) is 0 Å². The second-order valence-electron chi connectivity index (χ2n) is 3.76. The highest BCUT2D eigenvalue weighted by Gasteiger charge is 2.30. The highest BCUT2D eigenvalue weighted by Crippen LogP contribution is 2.40. The lowest BCUT2D eigenvalue weighted by Gasteiger charge is -2.03. The van der Waals surface area contributed by atoms with Crippen molar-refractivity contribution in [2.45, 2.75) is 0 Å². The minimum Gasteiger partial charge on any atom is -0.398 e. The predicted molar refractivity (Wildman–Crippen MR) is 59.7 cm³/mol. The Morgan fingerprint density at radius 1 is 0.938 bits per heavy atom. The Kier molecular flexibility index (Phi) is 1.66. The van der Waals surface area contributed by atoms with Gasteiger partial charge in [-0.05, 0) is 17.7 Å². The highest BCUT2D eigenvalue weighted by molar-refractivity contribution is 6.24. The summed E-state index contributed by atoms with van der Waals surface area (Å²) in [5.41, 5.74) is 7.84. The summed E-state index contributed by atoms with van der Waals surface area (Å²) in [5.74, 6) is -0.592. The zero-order valence-corrected chi connectivity index (χ0v) is 8.33. The fourth-order valence-corrected chi connectivity index (χ4v) is 2.14. The maximum Gasteiger partial charge on any atom is 0.196 e. The van der Waals surface area contributed by atoms with Crippen LogP contribution in [0.2, 0.25) is 0 Å². The molecular weight excluding hydrogens is 205 g/mol. The number of fused-ring (bicyclic) bond motifs is 3. The van der Waals surface area contributed by atoms with Crippen LogP contribution in [0.25, 0.3) is 11.1 Å². The zero-order valence-electron chi connectivity index (χ0n) is 8.33. The zero-order chi connectivity index (χ0) is 11.3. The topological polar surface area (TPSA) is 43.1 Å². The molecule has 3 heteroatoms. The maximum absolute atomic E-state index is 13.7. The summed E-state index contributed by atoms with van der Waals surface area (Å²) in [6, 6.07) is 9.69. The Morgan fingerprint density at radius 2 is 1.62 bits per heavy atom. The van der Waals surface area contributed by atoms with E-state index in [4.69, 9.17) is 5.73 Å². The molecule has 78 valence electrons. The summed E-state index contributed by atoms with van der Waals surface area (Å²) in [6.45, 7) is 0. The van der Waals surface area contributed by atoms with Gasteiger partial charge in [0.05, 0.1) is 5.56 Å². The van der Waals surface area contributed by atoms with Crippen molar-refractivity contribution in [3.05, 3.63) is 53.3 Å². The van der Waals surface area contributed by atoms with E-state index in [0.29, 0.717) is 27.9 Å². The molecule has 2 aromatic carbocycles. The maximum atomic E-state index is 13.7. The minimum atomic E-state index is -0.400. The van der Waals surface area contributed by atoms with E-state index in [9.17, 15) is 9.18 Å². The van der Waals surface area contributed by atoms with Crippen LogP contribution in [0.5, 0.6) is 0 Å². The summed E-state index contributed by atoms with van der Waals surface area (Å²) >= 11 is 0. The van der Waals surface area contributed by atoms with Gasteiger partial charge < -0.3 is 5.73 Å². The Bertz CT molecular complexity index is 619. The SMILES string of the molecule is Nc1ccc(F)c2c1C(=O)c1ccccc1-2. The Balaban J connectivity index is 2.47. The van der Waals surface area contributed by atoms with Gasteiger partial charge in [-0.25, -0.2) is 4.39 Å². The van der Waals surface area contributed by atoms with Gasteiger partial charge in [-0.15, -0.1) is 0 Å². The van der Waals surface area contributed by atoms with Gasteiger partial charge in [0.2, 0.25) is 0 Å². The van der Waals surface area contributed by atoms with E-state index in [2.05, 4.69) is 0 Å². The highest BCUT2D eigenvalue weighted by atomic mass is 19.1. The molecular formula is C13H8FNO. The van der Waals surface area contributed by atoms with E-state index in [0.717, 1.165) is 0 Å². The fraction of sp³-hybridized carbons (Fsp3) is 0. The lowest BCUT2D eigenvalue weighted by Crippen LogP contribution is -2.01. The van der Waals surface area contributed by atoms with Crippen LogP contribution in [0.4, 0.5) is 10.1 Å². The molecule has 0 saturated carbocycles. The van der Waals surface area contributed by atoms with Crippen LogP contribution in [0.15, 0.2) is 36.4 Å². The third-order valence-corrected chi connectivity index (χ3v) is 2.85. The van der Waals surface area contributed by atoms with E-state index in [1.165, 1.54) is 12.1 Å². The molecule has 2 aromatic rings. The molecule has 0 radical (unpaired) electrons. The summed E-state index contributed by atoms with van der Waals surface area (Å²) in [6.07, 6.45) is 0. The summed E-state index contributed by atoms with van der Waals surface area (Å²) in [4.78, 5) is 12.0. The standard InChI is InChI=1S/C13H8FNO/c14-9-5-6-10(15)12-11(9)7-3-1-2-4-8(7)13(12)16/h1-6H,15H2. The van der Waals surface area contributed by atoms with Crippen molar-refractivity contribution in [1.82, 2.24) is 0 Å². The van der Waals surface area contributed by atoms with Crippen LogP contribution in [0.1, 0.15) is 15.9 Å². The van der Waals surface area contributed by atoms with Crippen molar-refractivity contribution in [2.24, 2.45) is 0 Å². The number of carbonyl (C=O) groups is 1. The number of hydrogen-bond acceptors (Lipinski definition) is 2. The first-order valence-electron chi connectivity index (χ1n) is 4.92. The summed E-state index contributed by atoms with van der Waals surface area (Å²) in [7, 11) is 0. The van der Waals surface area contributed by atoms with Gasteiger partial charge in [0.15, 0.2) is 5.78 Å². The Labute approximate surface area is 91.5 Å². The van der Waals surface area contributed by atoms with Crippen LogP contribution in [0, 0.1) is 5.82 Å². The van der Waals surface area contributed by atoms with Gasteiger partial charge in [0.1, 0.15) is 5.82 Å². The van der Waals surface area contributed by atoms with Crippen molar-refractivity contribution in [3.8, 4) is 11.1 Å². The van der Waals surface area contributed by atoms with Gasteiger partial charge >= 0.3 is 0 Å². The molecule has 0 heterocycles. The molecule has 0 unspecified atom stereocenters. The molecule has 3 rings (SSSR count).